The number of oxazole rings is 1. The fourth-order valence-corrected chi connectivity index (χ4v) is 8.15. The number of hydrogen-bond donors (Lipinski definition) is 0. The number of rotatable bonds is 5. The van der Waals surface area contributed by atoms with Crippen LogP contribution in [0, 0.1) is 0 Å². The number of hydrogen-bond acceptors (Lipinski definition) is 5. The molecule has 0 aliphatic rings. The van der Waals surface area contributed by atoms with Crippen LogP contribution in [0.4, 0.5) is 17.1 Å². The topological polar surface area (TPSA) is 42.4 Å². The van der Waals surface area contributed by atoms with Crippen molar-refractivity contribution in [3.8, 4) is 22.6 Å². The molecule has 0 saturated carbocycles. The van der Waals surface area contributed by atoms with Crippen LogP contribution in [0.1, 0.15) is 0 Å². The Bertz CT molecular complexity index is 2780. The first-order valence-electron chi connectivity index (χ1n) is 16.0. The molecule has 10 rings (SSSR count). The standard InChI is InChI=1S/C43H26N2O2S/c1-3-12-28(13-4-1)43-44-41-37(47-43)26-36-40(33-17-7-9-20-35(33)46-36)39(41)27-22-24-30(25-23-27)45(29-14-5-2-6-15-29)34-19-11-18-32-31-16-8-10-21-38(31)48-42(32)34/h1-26H. The van der Waals surface area contributed by atoms with Crippen molar-refractivity contribution < 1.29 is 8.83 Å². The average molecular weight is 635 g/mol. The van der Waals surface area contributed by atoms with Crippen LogP contribution in [-0.2, 0) is 0 Å². The number of aromatic nitrogens is 1. The monoisotopic (exact) mass is 634 g/mol. The Hall–Kier alpha value is -6.17. The minimum Gasteiger partial charge on any atom is -0.456 e. The highest BCUT2D eigenvalue weighted by Crippen LogP contribution is 2.46. The van der Waals surface area contributed by atoms with Gasteiger partial charge >= 0.3 is 0 Å². The first kappa shape index (κ1) is 27.0. The molecule has 5 heteroatoms. The van der Waals surface area contributed by atoms with Gasteiger partial charge in [-0.3, -0.25) is 0 Å². The van der Waals surface area contributed by atoms with Gasteiger partial charge in [0.05, 0.1) is 10.4 Å². The fourth-order valence-electron chi connectivity index (χ4n) is 6.95. The predicted molar refractivity (Wildman–Crippen MR) is 200 cm³/mol. The Balaban J connectivity index is 1.19. The van der Waals surface area contributed by atoms with Gasteiger partial charge in [0.15, 0.2) is 5.58 Å². The quantitative estimate of drug-likeness (QED) is 0.189. The van der Waals surface area contributed by atoms with E-state index in [4.69, 9.17) is 13.8 Å². The molecule has 0 fully saturated rings. The molecule has 48 heavy (non-hydrogen) atoms. The molecule has 0 bridgehead atoms. The summed E-state index contributed by atoms with van der Waals surface area (Å²) in [5.41, 5.74) is 9.44. The number of nitrogens with zero attached hydrogens (tertiary/aromatic N) is 2. The molecule has 0 N–H and O–H groups in total. The van der Waals surface area contributed by atoms with Crippen molar-refractivity contribution in [1.82, 2.24) is 4.98 Å². The summed E-state index contributed by atoms with van der Waals surface area (Å²) in [6, 6.07) is 54.9. The summed E-state index contributed by atoms with van der Waals surface area (Å²) >= 11 is 1.84. The van der Waals surface area contributed by atoms with E-state index in [0.717, 1.165) is 61.2 Å². The van der Waals surface area contributed by atoms with Crippen LogP contribution < -0.4 is 4.90 Å². The molecular formula is C43H26N2O2S. The lowest BCUT2D eigenvalue weighted by Crippen LogP contribution is -2.09. The van der Waals surface area contributed by atoms with E-state index in [1.165, 1.54) is 20.2 Å². The second kappa shape index (κ2) is 10.7. The zero-order valence-corrected chi connectivity index (χ0v) is 26.4. The maximum absolute atomic E-state index is 6.39. The second-order valence-electron chi connectivity index (χ2n) is 11.9. The molecule has 10 aromatic rings. The number of thiophene rings is 1. The van der Waals surface area contributed by atoms with Crippen LogP contribution in [0.15, 0.2) is 167 Å². The van der Waals surface area contributed by atoms with Crippen LogP contribution in [0.2, 0.25) is 0 Å². The second-order valence-corrected chi connectivity index (χ2v) is 13.0. The number of para-hydroxylation sites is 2. The Labute approximate surface area is 279 Å². The third-order valence-corrected chi connectivity index (χ3v) is 10.3. The molecule has 7 aromatic carbocycles. The van der Waals surface area contributed by atoms with Gasteiger partial charge in [0, 0.05) is 54.8 Å². The van der Waals surface area contributed by atoms with E-state index in [9.17, 15) is 0 Å². The van der Waals surface area contributed by atoms with Crippen molar-refractivity contribution >= 4 is 81.6 Å². The summed E-state index contributed by atoms with van der Waals surface area (Å²) in [5, 5.41) is 4.65. The molecular weight excluding hydrogens is 609 g/mol. The molecule has 226 valence electrons. The van der Waals surface area contributed by atoms with E-state index in [0.29, 0.717) is 11.5 Å². The van der Waals surface area contributed by atoms with Crippen LogP contribution in [-0.4, -0.2) is 4.98 Å². The maximum atomic E-state index is 6.39. The van der Waals surface area contributed by atoms with Crippen molar-refractivity contribution in [3.63, 3.8) is 0 Å². The third-order valence-electron chi connectivity index (χ3n) is 9.10. The molecule has 0 radical (unpaired) electrons. The first-order chi connectivity index (χ1) is 23.8. The molecule has 0 unspecified atom stereocenters. The van der Waals surface area contributed by atoms with E-state index < -0.39 is 0 Å². The van der Waals surface area contributed by atoms with E-state index in [1.54, 1.807) is 0 Å². The maximum Gasteiger partial charge on any atom is 0.227 e. The average Bonchev–Trinajstić information content (AvgIpc) is 3.86. The minimum atomic E-state index is 0.590. The van der Waals surface area contributed by atoms with Gasteiger partial charge in [-0.1, -0.05) is 97.1 Å². The van der Waals surface area contributed by atoms with Crippen LogP contribution in [0.25, 0.3) is 75.8 Å². The zero-order valence-electron chi connectivity index (χ0n) is 25.6. The highest BCUT2D eigenvalue weighted by Gasteiger charge is 2.22. The zero-order chi connectivity index (χ0) is 31.6. The molecule has 0 amide bonds. The molecule has 0 spiro atoms. The largest absolute Gasteiger partial charge is 0.456 e. The Kier molecular flexibility index (Phi) is 6.01. The van der Waals surface area contributed by atoms with Crippen molar-refractivity contribution in [2.24, 2.45) is 0 Å². The lowest BCUT2D eigenvalue weighted by molar-refractivity contribution is 0.617. The van der Waals surface area contributed by atoms with Crippen molar-refractivity contribution in [3.05, 3.63) is 158 Å². The van der Waals surface area contributed by atoms with E-state index in [2.05, 4.69) is 114 Å². The summed E-state index contributed by atoms with van der Waals surface area (Å²) in [6.07, 6.45) is 0. The Morgan fingerprint density at radius 3 is 2.02 bits per heavy atom. The molecule has 0 aliphatic heterocycles. The molecule has 0 atom stereocenters. The molecule has 3 heterocycles. The summed E-state index contributed by atoms with van der Waals surface area (Å²) in [7, 11) is 0. The van der Waals surface area contributed by atoms with Crippen molar-refractivity contribution in [2.45, 2.75) is 0 Å². The van der Waals surface area contributed by atoms with Gasteiger partial charge in [0.25, 0.3) is 0 Å². The SMILES string of the molecule is c1ccc(-c2nc3c(-c4ccc(N(c5ccccc5)c5cccc6c5sc5ccccc56)cc4)c4c(cc3o2)oc2ccccc24)cc1. The highest BCUT2D eigenvalue weighted by atomic mass is 32.1. The predicted octanol–water partition coefficient (Wildman–Crippen LogP) is 12.9. The third kappa shape index (κ3) is 4.18. The Morgan fingerprint density at radius 2 is 1.19 bits per heavy atom. The normalized spacial score (nSPS) is 11.8. The highest BCUT2D eigenvalue weighted by molar-refractivity contribution is 7.26. The summed E-state index contributed by atoms with van der Waals surface area (Å²) < 4.78 is 15.3. The van der Waals surface area contributed by atoms with Crippen molar-refractivity contribution in [1.29, 1.82) is 0 Å². The van der Waals surface area contributed by atoms with Crippen LogP contribution in [0.3, 0.4) is 0 Å². The molecule has 3 aromatic heterocycles. The molecule has 4 nitrogen and oxygen atoms in total. The van der Waals surface area contributed by atoms with Crippen molar-refractivity contribution in [2.75, 3.05) is 4.90 Å². The number of anilines is 3. The first-order valence-corrected chi connectivity index (χ1v) is 16.8. The lowest BCUT2D eigenvalue weighted by Gasteiger charge is -2.26. The van der Waals surface area contributed by atoms with E-state index in [-0.39, 0.29) is 0 Å². The van der Waals surface area contributed by atoms with Gasteiger partial charge in [-0.15, -0.1) is 11.3 Å². The van der Waals surface area contributed by atoms with E-state index in [1.807, 2.05) is 59.9 Å². The lowest BCUT2D eigenvalue weighted by atomic mass is 9.97. The summed E-state index contributed by atoms with van der Waals surface area (Å²) in [6.45, 7) is 0. The summed E-state index contributed by atoms with van der Waals surface area (Å²) in [4.78, 5) is 7.44. The minimum absolute atomic E-state index is 0.590. The van der Waals surface area contributed by atoms with Gasteiger partial charge in [0.2, 0.25) is 5.89 Å². The van der Waals surface area contributed by atoms with Gasteiger partial charge in [-0.25, -0.2) is 4.98 Å². The summed E-state index contributed by atoms with van der Waals surface area (Å²) in [5.74, 6) is 0.590. The molecule has 0 aliphatic carbocycles. The van der Waals surface area contributed by atoms with Gasteiger partial charge < -0.3 is 13.7 Å². The fraction of sp³-hybridized carbons (Fsp3) is 0. The number of benzene rings is 7. The Morgan fingerprint density at radius 1 is 0.500 bits per heavy atom. The molecule has 0 saturated heterocycles. The number of fused-ring (bicyclic) bond motifs is 7. The van der Waals surface area contributed by atoms with Gasteiger partial charge in [-0.05, 0) is 60.2 Å². The smallest absolute Gasteiger partial charge is 0.227 e. The van der Waals surface area contributed by atoms with E-state index >= 15 is 0 Å². The van der Waals surface area contributed by atoms with Gasteiger partial charge in [0.1, 0.15) is 16.7 Å². The van der Waals surface area contributed by atoms with Crippen LogP contribution >= 0.6 is 11.3 Å². The van der Waals surface area contributed by atoms with Gasteiger partial charge in [-0.2, -0.15) is 0 Å². The number of furan rings is 1. The van der Waals surface area contributed by atoms with Crippen LogP contribution in [0.5, 0.6) is 0 Å².